The summed E-state index contributed by atoms with van der Waals surface area (Å²) in [5.41, 5.74) is 2.76. The van der Waals surface area contributed by atoms with Crippen molar-refractivity contribution in [2.24, 2.45) is 0 Å². The Morgan fingerprint density at radius 1 is 1.19 bits per heavy atom. The van der Waals surface area contributed by atoms with Gasteiger partial charge in [0, 0.05) is 19.1 Å². The third-order valence-electron chi connectivity index (χ3n) is 4.96. The number of likely N-dealkylation sites (tertiary alicyclic amines) is 1. The van der Waals surface area contributed by atoms with Gasteiger partial charge in [-0.15, -0.1) is 0 Å². The molecule has 1 aliphatic heterocycles. The van der Waals surface area contributed by atoms with E-state index < -0.39 is 0 Å². The summed E-state index contributed by atoms with van der Waals surface area (Å²) < 4.78 is 0. The molecule has 2 aliphatic rings. The number of amides is 1. The molecule has 1 N–H and O–H groups in total. The molecule has 0 aromatic heterocycles. The summed E-state index contributed by atoms with van der Waals surface area (Å²) in [6.45, 7) is 6.03. The first-order valence-corrected chi connectivity index (χ1v) is 8.25. The van der Waals surface area contributed by atoms with Crippen molar-refractivity contribution in [2.45, 2.75) is 57.5 Å². The number of hydrogen-bond acceptors (Lipinski definition) is 2. The Bertz CT molecular complexity index is 484. The van der Waals surface area contributed by atoms with Crippen molar-refractivity contribution in [3.8, 4) is 0 Å². The largest absolute Gasteiger partial charge is 0.341 e. The lowest BCUT2D eigenvalue weighted by atomic mass is 9.75. The van der Waals surface area contributed by atoms with Crippen LogP contribution >= 0.6 is 0 Å². The zero-order chi connectivity index (χ0) is 14.8. The molecule has 0 radical (unpaired) electrons. The van der Waals surface area contributed by atoms with Gasteiger partial charge in [-0.2, -0.15) is 0 Å². The molecule has 1 saturated carbocycles. The molecule has 2 fully saturated rings. The van der Waals surface area contributed by atoms with Crippen LogP contribution in [-0.2, 0) is 4.79 Å². The van der Waals surface area contributed by atoms with Crippen molar-refractivity contribution in [3.05, 3.63) is 35.4 Å². The van der Waals surface area contributed by atoms with Crippen LogP contribution in [0.25, 0.3) is 0 Å². The fourth-order valence-corrected chi connectivity index (χ4v) is 3.50. The molecule has 114 valence electrons. The number of aryl methyl sites for hydroxylation is 1. The van der Waals surface area contributed by atoms with Gasteiger partial charge in [0.1, 0.15) is 0 Å². The van der Waals surface area contributed by atoms with Gasteiger partial charge in [0.05, 0.1) is 6.04 Å². The molecule has 3 nitrogen and oxygen atoms in total. The van der Waals surface area contributed by atoms with Crippen molar-refractivity contribution >= 4 is 5.91 Å². The number of hydrogen-bond donors (Lipinski definition) is 1. The number of nitrogens with one attached hydrogen (secondary N) is 1. The molecule has 1 heterocycles. The molecule has 1 amide bonds. The standard InChI is InChI=1S/C18H26N2O/c1-13-5-7-15(8-6-13)16-11-17(12-16)19-14(2)18(21)20-9-3-4-10-20/h5-8,14,16-17,19H,3-4,9-12H2,1-2H3. The normalized spacial score (nSPS) is 26.5. The van der Waals surface area contributed by atoms with Crippen LogP contribution in [0.2, 0.25) is 0 Å². The van der Waals surface area contributed by atoms with Crippen LogP contribution < -0.4 is 5.32 Å². The number of rotatable bonds is 4. The predicted octanol–water partition coefficient (Wildman–Crippen LogP) is 2.84. The van der Waals surface area contributed by atoms with E-state index in [1.54, 1.807) is 0 Å². The highest BCUT2D eigenvalue weighted by atomic mass is 16.2. The molecule has 1 unspecified atom stereocenters. The van der Waals surface area contributed by atoms with Crippen LogP contribution in [0.3, 0.4) is 0 Å². The molecule has 0 spiro atoms. The Hall–Kier alpha value is -1.35. The summed E-state index contributed by atoms with van der Waals surface area (Å²) in [6.07, 6.45) is 4.64. The van der Waals surface area contributed by atoms with Crippen molar-refractivity contribution in [3.63, 3.8) is 0 Å². The second-order valence-corrected chi connectivity index (χ2v) is 6.70. The van der Waals surface area contributed by atoms with Gasteiger partial charge in [-0.25, -0.2) is 0 Å². The quantitative estimate of drug-likeness (QED) is 0.923. The third kappa shape index (κ3) is 3.29. The van der Waals surface area contributed by atoms with Gasteiger partial charge in [0.2, 0.25) is 5.91 Å². The Morgan fingerprint density at radius 3 is 2.43 bits per heavy atom. The molecule has 3 rings (SSSR count). The fourth-order valence-electron chi connectivity index (χ4n) is 3.50. The zero-order valence-corrected chi connectivity index (χ0v) is 13.1. The van der Waals surface area contributed by atoms with Gasteiger partial charge >= 0.3 is 0 Å². The third-order valence-corrected chi connectivity index (χ3v) is 4.96. The first-order chi connectivity index (χ1) is 10.1. The first kappa shape index (κ1) is 14.6. The molecular weight excluding hydrogens is 260 g/mol. The lowest BCUT2D eigenvalue weighted by molar-refractivity contribution is -0.132. The topological polar surface area (TPSA) is 32.3 Å². The van der Waals surface area contributed by atoms with Crippen molar-refractivity contribution in [1.29, 1.82) is 0 Å². The van der Waals surface area contributed by atoms with Gasteiger partial charge in [0.15, 0.2) is 0 Å². The van der Waals surface area contributed by atoms with Crippen molar-refractivity contribution in [2.75, 3.05) is 13.1 Å². The van der Waals surface area contributed by atoms with Gasteiger partial charge in [0.25, 0.3) is 0 Å². The van der Waals surface area contributed by atoms with Gasteiger partial charge in [-0.1, -0.05) is 29.8 Å². The second-order valence-electron chi connectivity index (χ2n) is 6.70. The van der Waals surface area contributed by atoms with Crippen LogP contribution in [0.4, 0.5) is 0 Å². The minimum Gasteiger partial charge on any atom is -0.341 e. The average molecular weight is 286 g/mol. The number of nitrogens with zero attached hydrogens (tertiary/aromatic N) is 1. The fraction of sp³-hybridized carbons (Fsp3) is 0.611. The molecular formula is C18H26N2O. The summed E-state index contributed by atoms with van der Waals surface area (Å²) in [4.78, 5) is 14.3. The van der Waals surface area contributed by atoms with E-state index in [0.29, 0.717) is 12.0 Å². The molecule has 1 aromatic carbocycles. The first-order valence-electron chi connectivity index (χ1n) is 8.25. The highest BCUT2D eigenvalue weighted by Gasteiger charge is 2.33. The van der Waals surface area contributed by atoms with Crippen LogP contribution in [0, 0.1) is 6.92 Å². The Morgan fingerprint density at radius 2 is 1.81 bits per heavy atom. The Labute approximate surface area is 127 Å². The van der Waals surface area contributed by atoms with E-state index in [4.69, 9.17) is 0 Å². The number of carbonyl (C=O) groups excluding carboxylic acids is 1. The van der Waals surface area contributed by atoms with Crippen LogP contribution in [-0.4, -0.2) is 36.0 Å². The zero-order valence-electron chi connectivity index (χ0n) is 13.1. The maximum atomic E-state index is 12.3. The predicted molar refractivity (Wildman–Crippen MR) is 85.4 cm³/mol. The minimum atomic E-state index is -0.0351. The molecule has 1 aliphatic carbocycles. The van der Waals surface area contributed by atoms with E-state index in [2.05, 4.69) is 36.5 Å². The van der Waals surface area contributed by atoms with E-state index in [0.717, 1.165) is 38.8 Å². The van der Waals surface area contributed by atoms with E-state index in [-0.39, 0.29) is 11.9 Å². The summed E-state index contributed by atoms with van der Waals surface area (Å²) in [6, 6.07) is 9.33. The monoisotopic (exact) mass is 286 g/mol. The summed E-state index contributed by atoms with van der Waals surface area (Å²) in [5.74, 6) is 0.948. The van der Waals surface area contributed by atoms with E-state index in [1.807, 2.05) is 11.8 Å². The molecule has 1 saturated heterocycles. The number of carbonyl (C=O) groups is 1. The van der Waals surface area contributed by atoms with Crippen LogP contribution in [0.1, 0.15) is 49.7 Å². The minimum absolute atomic E-state index is 0.0351. The SMILES string of the molecule is Cc1ccc(C2CC(NC(C)C(=O)N3CCCC3)C2)cc1. The van der Waals surface area contributed by atoms with Gasteiger partial charge < -0.3 is 10.2 Å². The lowest BCUT2D eigenvalue weighted by Crippen LogP contribution is -2.51. The summed E-state index contributed by atoms with van der Waals surface area (Å²) in [7, 11) is 0. The van der Waals surface area contributed by atoms with Gasteiger partial charge in [-0.3, -0.25) is 4.79 Å². The summed E-state index contributed by atoms with van der Waals surface area (Å²) in [5, 5.41) is 3.51. The highest BCUT2D eigenvalue weighted by molar-refractivity contribution is 5.81. The second kappa shape index (κ2) is 6.18. The van der Waals surface area contributed by atoms with Crippen molar-refractivity contribution in [1.82, 2.24) is 10.2 Å². The Kier molecular flexibility index (Phi) is 4.29. The Balaban J connectivity index is 1.46. The van der Waals surface area contributed by atoms with E-state index in [9.17, 15) is 4.79 Å². The maximum Gasteiger partial charge on any atom is 0.239 e. The molecule has 21 heavy (non-hydrogen) atoms. The molecule has 0 bridgehead atoms. The van der Waals surface area contributed by atoms with Gasteiger partial charge in [-0.05, 0) is 51.0 Å². The van der Waals surface area contributed by atoms with E-state index >= 15 is 0 Å². The van der Waals surface area contributed by atoms with E-state index in [1.165, 1.54) is 11.1 Å². The number of benzene rings is 1. The average Bonchev–Trinajstić information content (AvgIpc) is 2.96. The summed E-state index contributed by atoms with van der Waals surface area (Å²) >= 11 is 0. The smallest absolute Gasteiger partial charge is 0.239 e. The highest BCUT2D eigenvalue weighted by Crippen LogP contribution is 2.37. The molecule has 1 atom stereocenters. The van der Waals surface area contributed by atoms with Crippen LogP contribution in [0.5, 0.6) is 0 Å². The lowest BCUT2D eigenvalue weighted by Gasteiger charge is -2.38. The molecule has 3 heteroatoms. The maximum absolute atomic E-state index is 12.3. The molecule has 1 aromatic rings. The van der Waals surface area contributed by atoms with Crippen LogP contribution in [0.15, 0.2) is 24.3 Å². The van der Waals surface area contributed by atoms with Crippen molar-refractivity contribution < 1.29 is 4.79 Å².